The molecule has 0 radical (unpaired) electrons. The second kappa shape index (κ2) is 3.73. The molecular weight excluding hydrogens is 186 g/mol. The van der Waals surface area contributed by atoms with Gasteiger partial charge in [0.25, 0.3) is 5.56 Å². The second-order valence-corrected chi connectivity index (χ2v) is 3.70. The molecule has 2 nitrogen and oxygen atoms in total. The van der Waals surface area contributed by atoms with Crippen LogP contribution in [0.1, 0.15) is 11.1 Å². The molecule has 0 fully saturated rings. The zero-order valence-electron chi connectivity index (χ0n) is 8.90. The number of nitrogens with zero attached hydrogens (tertiary/aromatic N) is 1. The summed E-state index contributed by atoms with van der Waals surface area (Å²) < 4.78 is 1.66. The molecule has 0 aliphatic carbocycles. The fraction of sp³-hybridized carbons (Fsp3) is 0.154. The molecule has 0 saturated carbocycles. The molecule has 0 N–H and O–H groups in total. The van der Waals surface area contributed by atoms with Gasteiger partial charge in [0.2, 0.25) is 0 Å². The van der Waals surface area contributed by atoms with E-state index < -0.39 is 0 Å². The maximum atomic E-state index is 11.8. The van der Waals surface area contributed by atoms with Crippen molar-refractivity contribution in [1.29, 1.82) is 0 Å². The number of rotatable bonds is 1. The van der Waals surface area contributed by atoms with E-state index in [4.69, 9.17) is 0 Å². The van der Waals surface area contributed by atoms with Gasteiger partial charge in [-0.2, -0.15) is 0 Å². The molecule has 76 valence electrons. The molecule has 1 aromatic heterocycles. The Hall–Kier alpha value is -1.83. The summed E-state index contributed by atoms with van der Waals surface area (Å²) in [7, 11) is 0. The maximum Gasteiger partial charge on any atom is 0.257 e. The molecule has 0 saturated heterocycles. The van der Waals surface area contributed by atoms with Crippen LogP contribution >= 0.6 is 0 Å². The lowest BCUT2D eigenvalue weighted by atomic mass is 10.2. The molecule has 1 heterocycles. The Labute approximate surface area is 88.8 Å². The van der Waals surface area contributed by atoms with E-state index in [0.717, 1.165) is 11.3 Å². The van der Waals surface area contributed by atoms with E-state index in [2.05, 4.69) is 0 Å². The van der Waals surface area contributed by atoms with Gasteiger partial charge in [-0.1, -0.05) is 23.8 Å². The monoisotopic (exact) mass is 199 g/mol. The largest absolute Gasteiger partial charge is 0.284 e. The minimum absolute atomic E-state index is 0.0429. The Morgan fingerprint density at radius 2 is 1.67 bits per heavy atom. The van der Waals surface area contributed by atoms with Crippen LogP contribution in [0.5, 0.6) is 0 Å². The van der Waals surface area contributed by atoms with Crippen LogP contribution in [-0.4, -0.2) is 4.57 Å². The number of benzene rings is 1. The highest BCUT2D eigenvalue weighted by atomic mass is 16.1. The van der Waals surface area contributed by atoms with Crippen molar-refractivity contribution in [2.45, 2.75) is 13.8 Å². The fourth-order valence-corrected chi connectivity index (χ4v) is 1.51. The average molecular weight is 199 g/mol. The first-order valence-electron chi connectivity index (χ1n) is 4.94. The molecule has 0 spiro atoms. The van der Waals surface area contributed by atoms with Crippen LogP contribution in [0.2, 0.25) is 0 Å². The standard InChI is InChI=1S/C13H13NO/c1-10-5-7-12(8-6-10)14-9-3-4-11(2)13(14)15/h3-9H,1-2H3. The Morgan fingerprint density at radius 3 is 2.33 bits per heavy atom. The third-order valence-corrected chi connectivity index (χ3v) is 2.45. The van der Waals surface area contributed by atoms with Gasteiger partial charge in [-0.05, 0) is 32.0 Å². The summed E-state index contributed by atoms with van der Waals surface area (Å²) in [5.74, 6) is 0. The average Bonchev–Trinajstić information content (AvgIpc) is 2.24. The summed E-state index contributed by atoms with van der Waals surface area (Å²) in [6, 6.07) is 11.6. The quantitative estimate of drug-likeness (QED) is 0.691. The van der Waals surface area contributed by atoms with E-state index in [1.165, 1.54) is 5.56 Å². The second-order valence-electron chi connectivity index (χ2n) is 3.70. The van der Waals surface area contributed by atoms with Crippen molar-refractivity contribution in [1.82, 2.24) is 4.57 Å². The Bertz CT molecular complexity index is 523. The van der Waals surface area contributed by atoms with E-state index in [9.17, 15) is 4.79 Å². The Morgan fingerprint density at radius 1 is 1.00 bits per heavy atom. The van der Waals surface area contributed by atoms with E-state index in [-0.39, 0.29) is 5.56 Å². The summed E-state index contributed by atoms with van der Waals surface area (Å²) in [6.07, 6.45) is 1.79. The third kappa shape index (κ3) is 1.84. The molecule has 2 aromatic rings. The number of aryl methyl sites for hydroxylation is 2. The Kier molecular flexibility index (Phi) is 2.42. The molecule has 0 atom stereocenters. The molecule has 0 amide bonds. The highest BCUT2D eigenvalue weighted by Gasteiger charge is 2.00. The van der Waals surface area contributed by atoms with Gasteiger partial charge in [-0.15, -0.1) is 0 Å². The van der Waals surface area contributed by atoms with Crippen LogP contribution in [-0.2, 0) is 0 Å². The van der Waals surface area contributed by atoms with Crippen molar-refractivity contribution < 1.29 is 0 Å². The van der Waals surface area contributed by atoms with Crippen LogP contribution in [0.3, 0.4) is 0 Å². The molecule has 0 unspecified atom stereocenters. The van der Waals surface area contributed by atoms with E-state index in [0.29, 0.717) is 0 Å². The Balaban J connectivity index is 2.59. The lowest BCUT2D eigenvalue weighted by molar-refractivity contribution is 0.969. The molecule has 0 aliphatic heterocycles. The van der Waals surface area contributed by atoms with Crippen molar-refractivity contribution in [3.8, 4) is 5.69 Å². The van der Waals surface area contributed by atoms with Crippen molar-refractivity contribution in [2.24, 2.45) is 0 Å². The predicted molar refractivity (Wildman–Crippen MR) is 61.5 cm³/mol. The smallest absolute Gasteiger partial charge is 0.257 e. The molecular formula is C13H13NO. The highest BCUT2D eigenvalue weighted by Crippen LogP contribution is 2.06. The third-order valence-electron chi connectivity index (χ3n) is 2.45. The fourth-order valence-electron chi connectivity index (χ4n) is 1.51. The van der Waals surface area contributed by atoms with E-state index >= 15 is 0 Å². The van der Waals surface area contributed by atoms with Gasteiger partial charge in [-0.25, -0.2) is 0 Å². The summed E-state index contributed by atoms with van der Waals surface area (Å²) >= 11 is 0. The maximum absolute atomic E-state index is 11.8. The van der Waals surface area contributed by atoms with Crippen molar-refractivity contribution in [3.05, 3.63) is 64.1 Å². The van der Waals surface area contributed by atoms with Gasteiger partial charge in [-0.3, -0.25) is 9.36 Å². The minimum atomic E-state index is 0.0429. The zero-order chi connectivity index (χ0) is 10.8. The van der Waals surface area contributed by atoms with Crippen LogP contribution in [0.15, 0.2) is 47.4 Å². The van der Waals surface area contributed by atoms with Gasteiger partial charge in [0, 0.05) is 17.4 Å². The minimum Gasteiger partial charge on any atom is -0.284 e. The summed E-state index contributed by atoms with van der Waals surface area (Å²) in [5.41, 5.74) is 2.91. The van der Waals surface area contributed by atoms with Gasteiger partial charge in [0.15, 0.2) is 0 Å². The molecule has 0 bridgehead atoms. The first-order chi connectivity index (χ1) is 7.18. The SMILES string of the molecule is Cc1ccc(-n2cccc(C)c2=O)cc1. The van der Waals surface area contributed by atoms with Crippen LogP contribution < -0.4 is 5.56 Å². The predicted octanol–water partition coefficient (Wildman–Crippen LogP) is 2.45. The first-order valence-corrected chi connectivity index (χ1v) is 4.94. The van der Waals surface area contributed by atoms with Gasteiger partial charge < -0.3 is 0 Å². The highest BCUT2D eigenvalue weighted by molar-refractivity contribution is 5.35. The summed E-state index contributed by atoms with van der Waals surface area (Å²) in [5, 5.41) is 0. The first kappa shape index (κ1) is 9.71. The van der Waals surface area contributed by atoms with Crippen LogP contribution in [0, 0.1) is 13.8 Å². The molecule has 2 heteroatoms. The molecule has 1 aromatic carbocycles. The molecule has 0 aliphatic rings. The van der Waals surface area contributed by atoms with Crippen LogP contribution in [0.25, 0.3) is 5.69 Å². The normalized spacial score (nSPS) is 10.3. The number of hydrogen-bond donors (Lipinski definition) is 0. The van der Waals surface area contributed by atoms with E-state index in [1.54, 1.807) is 10.8 Å². The lowest BCUT2D eigenvalue weighted by Gasteiger charge is -2.06. The topological polar surface area (TPSA) is 22.0 Å². The lowest BCUT2D eigenvalue weighted by Crippen LogP contribution is -2.19. The van der Waals surface area contributed by atoms with Gasteiger partial charge in [0.1, 0.15) is 0 Å². The molecule has 15 heavy (non-hydrogen) atoms. The van der Waals surface area contributed by atoms with Crippen molar-refractivity contribution in [3.63, 3.8) is 0 Å². The summed E-state index contributed by atoms with van der Waals surface area (Å²) in [6.45, 7) is 3.86. The summed E-state index contributed by atoms with van der Waals surface area (Å²) in [4.78, 5) is 11.8. The van der Waals surface area contributed by atoms with Crippen LogP contribution in [0.4, 0.5) is 0 Å². The number of hydrogen-bond acceptors (Lipinski definition) is 1. The van der Waals surface area contributed by atoms with Crippen molar-refractivity contribution in [2.75, 3.05) is 0 Å². The van der Waals surface area contributed by atoms with Crippen molar-refractivity contribution >= 4 is 0 Å². The van der Waals surface area contributed by atoms with Gasteiger partial charge >= 0.3 is 0 Å². The number of aromatic nitrogens is 1. The van der Waals surface area contributed by atoms with E-state index in [1.807, 2.05) is 50.2 Å². The van der Waals surface area contributed by atoms with Gasteiger partial charge in [0.05, 0.1) is 0 Å². The molecule has 2 rings (SSSR count). The number of pyridine rings is 1. The zero-order valence-corrected chi connectivity index (χ0v) is 8.90.